The van der Waals surface area contributed by atoms with Gasteiger partial charge < -0.3 is 4.74 Å². The van der Waals surface area contributed by atoms with E-state index >= 15 is 0 Å². The van der Waals surface area contributed by atoms with E-state index in [4.69, 9.17) is 4.74 Å². The Hall–Kier alpha value is -0.0400. The Kier molecular flexibility index (Phi) is 55.9. The summed E-state index contributed by atoms with van der Waals surface area (Å²) >= 11 is 0. The second kappa shape index (κ2) is 56.0. The minimum absolute atomic E-state index is 0.930. The monoisotopic (exact) mass is 802 g/mol. The van der Waals surface area contributed by atoms with Crippen LogP contribution in [0.15, 0.2) is 0 Å². The molecule has 1 heteroatoms. The highest BCUT2D eigenvalue weighted by Gasteiger charge is 1.99. The van der Waals surface area contributed by atoms with Crippen molar-refractivity contribution in [3.63, 3.8) is 0 Å². The summed E-state index contributed by atoms with van der Waals surface area (Å²) in [5.41, 5.74) is 0. The van der Waals surface area contributed by atoms with Gasteiger partial charge in [0.1, 0.15) is 0 Å². The number of hydrogen-bond acceptors (Lipinski definition) is 1. The highest BCUT2D eigenvalue weighted by molar-refractivity contribution is 4.56. The van der Waals surface area contributed by atoms with E-state index in [0.717, 1.165) is 13.0 Å². The fourth-order valence-corrected chi connectivity index (χ4v) is 9.03. The Balaban J connectivity index is 3.05. The van der Waals surface area contributed by atoms with E-state index in [9.17, 15) is 0 Å². The van der Waals surface area contributed by atoms with Gasteiger partial charge in [-0.15, -0.1) is 0 Å². The van der Waals surface area contributed by atoms with Crippen molar-refractivity contribution in [3.8, 4) is 0 Å². The predicted octanol–water partition coefficient (Wildman–Crippen LogP) is 21.5. The second-order valence-electron chi connectivity index (χ2n) is 19.2. The Morgan fingerprint density at radius 1 is 0.193 bits per heavy atom. The van der Waals surface area contributed by atoms with Crippen molar-refractivity contribution in [2.45, 2.75) is 348 Å². The number of hydrogen-bond donors (Lipinski definition) is 0. The van der Waals surface area contributed by atoms with Crippen molar-refractivity contribution in [1.29, 1.82) is 0 Å². The maximum Gasteiger partial charge on any atom is 0.0836 e. The van der Waals surface area contributed by atoms with Gasteiger partial charge in [0.05, 0.1) is 6.61 Å². The van der Waals surface area contributed by atoms with E-state index < -0.39 is 0 Å². The van der Waals surface area contributed by atoms with E-state index in [1.54, 1.807) is 0 Å². The summed E-state index contributed by atoms with van der Waals surface area (Å²) in [6, 6.07) is 0. The molecule has 0 atom stereocenters. The maximum atomic E-state index is 5.64. The van der Waals surface area contributed by atoms with Gasteiger partial charge in [-0.25, -0.2) is 0 Å². The molecular formula is C56H113O. The molecule has 0 aliphatic heterocycles. The number of rotatable bonds is 54. The van der Waals surface area contributed by atoms with Crippen molar-refractivity contribution < 1.29 is 4.74 Å². The van der Waals surface area contributed by atoms with Crippen LogP contribution < -0.4 is 0 Å². The molecule has 0 saturated heterocycles. The lowest BCUT2D eigenvalue weighted by Gasteiger charge is -2.05. The standard InChI is InChI=1S/C56H113O/c1-3-5-7-9-10-11-12-13-14-15-16-17-18-19-20-21-22-23-24-25-26-27-28-29-30-31-32-33-34-35-36-37-38-39-40-41-42-43-44-45-46-47-48-49-50-51-52-54-56-57-55-53-8-6-4-2/h56H,3-55H2,1-2H3. The molecule has 1 radical (unpaired) electrons. The quantitative estimate of drug-likeness (QED) is 0.0557. The van der Waals surface area contributed by atoms with Gasteiger partial charge in [0, 0.05) is 6.61 Å². The Bertz CT molecular complexity index is 589. The summed E-state index contributed by atoms with van der Waals surface area (Å²) in [5, 5.41) is 0. The lowest BCUT2D eigenvalue weighted by molar-refractivity contribution is 0.184. The molecule has 0 aromatic rings. The van der Waals surface area contributed by atoms with Gasteiger partial charge in [-0.2, -0.15) is 0 Å². The minimum atomic E-state index is 0.930. The highest BCUT2D eigenvalue weighted by atomic mass is 16.5. The number of unbranched alkanes of at least 4 members (excludes halogenated alkanes) is 50. The summed E-state index contributed by atoms with van der Waals surface area (Å²) in [5.74, 6) is 0. The highest BCUT2D eigenvalue weighted by Crippen LogP contribution is 2.19. The first-order chi connectivity index (χ1) is 28.4. The molecule has 0 aromatic carbocycles. The lowest BCUT2D eigenvalue weighted by atomic mass is 10.0. The number of ether oxygens (including phenoxy) is 1. The van der Waals surface area contributed by atoms with Crippen LogP contribution in [0.2, 0.25) is 0 Å². The van der Waals surface area contributed by atoms with Crippen LogP contribution in [-0.4, -0.2) is 6.61 Å². The molecule has 0 aliphatic carbocycles. The van der Waals surface area contributed by atoms with E-state index in [1.807, 2.05) is 0 Å². The molecule has 0 heterocycles. The average molecular weight is 803 g/mol. The third kappa shape index (κ3) is 56.0. The van der Waals surface area contributed by atoms with Crippen LogP contribution in [0.1, 0.15) is 348 Å². The molecule has 343 valence electrons. The van der Waals surface area contributed by atoms with Gasteiger partial charge in [0.25, 0.3) is 0 Å². The van der Waals surface area contributed by atoms with Crippen molar-refractivity contribution >= 4 is 0 Å². The Morgan fingerprint density at radius 3 is 0.544 bits per heavy atom. The zero-order valence-electron chi connectivity index (χ0n) is 40.5. The van der Waals surface area contributed by atoms with Gasteiger partial charge in [0.15, 0.2) is 0 Å². The van der Waals surface area contributed by atoms with E-state index in [1.165, 1.54) is 327 Å². The van der Waals surface area contributed by atoms with Crippen LogP contribution >= 0.6 is 0 Å². The molecule has 0 bridgehead atoms. The predicted molar refractivity (Wildman–Crippen MR) is 262 cm³/mol. The van der Waals surface area contributed by atoms with Gasteiger partial charge in [-0.1, -0.05) is 335 Å². The molecule has 0 N–H and O–H groups in total. The molecule has 0 rings (SSSR count). The van der Waals surface area contributed by atoms with E-state index in [2.05, 4.69) is 20.5 Å². The molecule has 0 amide bonds. The zero-order chi connectivity index (χ0) is 40.9. The lowest BCUT2D eigenvalue weighted by Crippen LogP contribution is -1.92. The molecule has 0 unspecified atom stereocenters. The molecule has 0 aliphatic rings. The average Bonchev–Trinajstić information content (AvgIpc) is 3.22. The SMILES string of the molecule is CCCCCCCCCCCCCCCCCCCCCCCCCCCCCCCCCCCCCCCCCCCCCCCCC[CH]OCCCCCC. The first-order valence-electron chi connectivity index (χ1n) is 27.8. The molecule has 0 saturated carbocycles. The van der Waals surface area contributed by atoms with Gasteiger partial charge in [-0.3, -0.25) is 0 Å². The second-order valence-corrected chi connectivity index (χ2v) is 19.2. The first kappa shape index (κ1) is 57.0. The third-order valence-corrected chi connectivity index (χ3v) is 13.2. The summed E-state index contributed by atoms with van der Waals surface area (Å²) in [6.45, 7) is 7.58. The molecule has 0 fully saturated rings. The Labute approximate surface area is 364 Å². The largest absolute Gasteiger partial charge is 0.376 e. The fraction of sp³-hybridized carbons (Fsp3) is 0.982. The van der Waals surface area contributed by atoms with Gasteiger partial charge >= 0.3 is 0 Å². The van der Waals surface area contributed by atoms with Crippen molar-refractivity contribution in [2.24, 2.45) is 0 Å². The van der Waals surface area contributed by atoms with Crippen LogP contribution in [0.3, 0.4) is 0 Å². The fourth-order valence-electron chi connectivity index (χ4n) is 9.03. The van der Waals surface area contributed by atoms with Crippen molar-refractivity contribution in [1.82, 2.24) is 0 Å². The molecule has 0 spiro atoms. The maximum absolute atomic E-state index is 5.64. The van der Waals surface area contributed by atoms with Crippen LogP contribution in [0, 0.1) is 6.61 Å². The normalized spacial score (nSPS) is 11.7. The van der Waals surface area contributed by atoms with E-state index in [0.29, 0.717) is 0 Å². The Morgan fingerprint density at radius 2 is 0.351 bits per heavy atom. The van der Waals surface area contributed by atoms with Gasteiger partial charge in [0.2, 0.25) is 0 Å². The molecule has 0 aromatic heterocycles. The zero-order valence-corrected chi connectivity index (χ0v) is 40.5. The van der Waals surface area contributed by atoms with Gasteiger partial charge in [-0.05, 0) is 12.8 Å². The van der Waals surface area contributed by atoms with Crippen LogP contribution in [0.25, 0.3) is 0 Å². The van der Waals surface area contributed by atoms with Crippen molar-refractivity contribution in [2.75, 3.05) is 6.61 Å². The third-order valence-electron chi connectivity index (χ3n) is 13.2. The van der Waals surface area contributed by atoms with Crippen LogP contribution in [0.5, 0.6) is 0 Å². The minimum Gasteiger partial charge on any atom is -0.376 e. The van der Waals surface area contributed by atoms with Crippen LogP contribution in [-0.2, 0) is 4.74 Å². The van der Waals surface area contributed by atoms with Crippen LogP contribution in [0.4, 0.5) is 0 Å². The molecular weight excluding hydrogens is 689 g/mol. The molecule has 1 nitrogen and oxygen atoms in total. The first-order valence-corrected chi connectivity index (χ1v) is 27.8. The summed E-state index contributed by atoms with van der Waals surface area (Å²) in [6.07, 6.45) is 75.8. The molecule has 57 heavy (non-hydrogen) atoms. The van der Waals surface area contributed by atoms with Crippen molar-refractivity contribution in [3.05, 3.63) is 6.61 Å². The topological polar surface area (TPSA) is 9.23 Å². The summed E-state index contributed by atoms with van der Waals surface area (Å²) < 4.78 is 5.64. The smallest absolute Gasteiger partial charge is 0.0836 e. The summed E-state index contributed by atoms with van der Waals surface area (Å²) in [4.78, 5) is 0. The summed E-state index contributed by atoms with van der Waals surface area (Å²) in [7, 11) is 0. The van der Waals surface area contributed by atoms with E-state index in [-0.39, 0.29) is 0 Å².